The number of hydrogen-bond acceptors (Lipinski definition) is 10. The van der Waals surface area contributed by atoms with Crippen LogP contribution >= 0.6 is 0 Å². The zero-order valence-electron chi connectivity index (χ0n) is 39.1. The van der Waals surface area contributed by atoms with Crippen molar-refractivity contribution >= 4 is 45.8 Å². The fourth-order valence-corrected chi connectivity index (χ4v) is 11.8. The Hall–Kier alpha value is -6.16. The average molecular weight is 915 g/mol. The van der Waals surface area contributed by atoms with E-state index in [4.69, 9.17) is 28.9 Å². The Morgan fingerprint density at radius 3 is 2.43 bits per heavy atom. The lowest BCUT2D eigenvalue weighted by molar-refractivity contribution is -0.139. The number of nitrogens with one attached hydrogen (secondary N) is 4. The van der Waals surface area contributed by atoms with Gasteiger partial charge in [-0.3, -0.25) is 9.59 Å². The van der Waals surface area contributed by atoms with Crippen LogP contribution in [0.5, 0.6) is 5.75 Å². The van der Waals surface area contributed by atoms with Crippen molar-refractivity contribution < 1.29 is 38.1 Å². The van der Waals surface area contributed by atoms with Crippen LogP contribution < -0.4 is 15.4 Å². The summed E-state index contributed by atoms with van der Waals surface area (Å²) in [6, 6.07) is 13.0. The Kier molecular flexibility index (Phi) is 12.3. The van der Waals surface area contributed by atoms with Crippen molar-refractivity contribution in [3.63, 3.8) is 0 Å². The monoisotopic (exact) mass is 914 g/mol. The van der Waals surface area contributed by atoms with E-state index in [0.29, 0.717) is 38.6 Å². The number of methoxy groups -OCH3 is 2. The summed E-state index contributed by atoms with van der Waals surface area (Å²) < 4.78 is 22.0. The summed E-state index contributed by atoms with van der Waals surface area (Å²) in [5, 5.41) is 7.75. The zero-order valence-corrected chi connectivity index (χ0v) is 39.1. The molecule has 0 radical (unpaired) electrons. The van der Waals surface area contributed by atoms with E-state index in [0.717, 1.165) is 119 Å². The van der Waals surface area contributed by atoms with Gasteiger partial charge in [0.05, 0.1) is 49.2 Å². The normalized spacial score (nSPS) is 23.8. The van der Waals surface area contributed by atoms with Gasteiger partial charge in [-0.1, -0.05) is 51.8 Å². The van der Waals surface area contributed by atoms with Gasteiger partial charge < -0.3 is 49.3 Å². The fourth-order valence-electron chi connectivity index (χ4n) is 11.8. The van der Waals surface area contributed by atoms with E-state index in [1.165, 1.54) is 14.2 Å². The number of fused-ring (bicyclic) bond motifs is 7. The molecule has 16 heteroatoms. The summed E-state index contributed by atoms with van der Waals surface area (Å²) >= 11 is 0. The molecule has 4 aliphatic heterocycles. The molecule has 354 valence electrons. The molecule has 3 aromatic carbocycles. The SMILES string of the molecule is CC[C@H]1CC[C@@H](c2ncc(-c3ccc4c(c3)COc3cc5c(ccc6nc([C@@H]7C[C@@H]8CCC[C@@H]8N7C(=O)[C@@H](NC(=O)OC)[C@@H](C)CC)[nH]c65)cc3-4)[nH]2)N1C(=O)C(NC(=O)OC)C1CCOCC1. The lowest BCUT2D eigenvalue weighted by Gasteiger charge is -2.36. The van der Waals surface area contributed by atoms with Crippen LogP contribution in [-0.4, -0.2) is 105 Å². The van der Waals surface area contributed by atoms with E-state index in [1.54, 1.807) is 0 Å². The number of carbonyl (C=O) groups is 4. The number of alkyl carbamates (subject to hydrolysis) is 2. The van der Waals surface area contributed by atoms with Crippen molar-refractivity contribution in [3.05, 3.63) is 65.9 Å². The molecule has 6 heterocycles. The highest BCUT2D eigenvalue weighted by Crippen LogP contribution is 2.49. The third-order valence-corrected chi connectivity index (χ3v) is 15.6. The minimum atomic E-state index is -0.712. The second-order valence-electron chi connectivity index (χ2n) is 19.2. The fraction of sp³-hybridized carbons (Fsp3) is 0.529. The standard InChI is InChI=1S/C51H62N8O8/c1-6-27(3)43(56-50(62)64-4)48(60)59-39-10-8-9-31(39)23-41(59)47-53-37-15-12-29-22-36-34-14-11-30(21-32(34)26-67-42(36)24-35(29)45(37)55-47)38-25-52-46(54-38)40-16-13-33(7-2)58(40)49(61)44(57-51(63)65-5)28-17-19-66-20-18-28/h11-12,14-15,21-22,24-25,27-28,31,33,39-41,43-44H,6-10,13,16-20,23,26H2,1-5H3,(H,52,54)(H,53,55)(H,56,62)(H,57,63)/t27-,31-,33-,39-,40-,41-,43-,44?/m0/s1. The summed E-state index contributed by atoms with van der Waals surface area (Å²) in [4.78, 5) is 75.1. The molecule has 4 fully saturated rings. The number of benzene rings is 3. The molecule has 1 saturated carbocycles. The molecule has 5 aliphatic rings. The molecule has 8 atom stereocenters. The van der Waals surface area contributed by atoms with Crippen LogP contribution in [0.1, 0.15) is 114 Å². The number of likely N-dealkylation sites (tertiary alicyclic amines) is 2. The maximum absolute atomic E-state index is 14.5. The number of nitrogens with zero attached hydrogens (tertiary/aromatic N) is 4. The predicted octanol–water partition coefficient (Wildman–Crippen LogP) is 8.47. The highest BCUT2D eigenvalue weighted by molar-refractivity contribution is 6.07. The summed E-state index contributed by atoms with van der Waals surface area (Å²) in [6.45, 7) is 7.61. The molecule has 1 unspecified atom stereocenters. The van der Waals surface area contributed by atoms with Gasteiger partial charge in [-0.05, 0) is 115 Å². The molecule has 10 rings (SSSR count). The third kappa shape index (κ3) is 8.14. The summed E-state index contributed by atoms with van der Waals surface area (Å²) in [7, 11) is 2.64. The van der Waals surface area contributed by atoms with Gasteiger partial charge in [0.2, 0.25) is 11.8 Å². The quantitative estimate of drug-likeness (QED) is 0.0999. The largest absolute Gasteiger partial charge is 0.488 e. The number of carbonyl (C=O) groups excluding carboxylic acids is 4. The van der Waals surface area contributed by atoms with E-state index < -0.39 is 24.3 Å². The molecule has 4 N–H and O–H groups in total. The highest BCUT2D eigenvalue weighted by atomic mass is 16.5. The minimum Gasteiger partial charge on any atom is -0.488 e. The molecule has 67 heavy (non-hydrogen) atoms. The second kappa shape index (κ2) is 18.5. The number of amides is 4. The third-order valence-electron chi connectivity index (χ3n) is 15.6. The van der Waals surface area contributed by atoms with Gasteiger partial charge in [0, 0.05) is 36.2 Å². The first kappa shape index (κ1) is 44.7. The Morgan fingerprint density at radius 2 is 1.66 bits per heavy atom. The Bertz CT molecular complexity index is 2690. The van der Waals surface area contributed by atoms with Gasteiger partial charge in [-0.15, -0.1) is 0 Å². The van der Waals surface area contributed by atoms with Gasteiger partial charge in [-0.25, -0.2) is 19.6 Å². The van der Waals surface area contributed by atoms with Crippen LogP contribution in [0, 0.1) is 17.8 Å². The molecule has 0 spiro atoms. The van der Waals surface area contributed by atoms with Crippen LogP contribution in [-0.2, 0) is 30.4 Å². The molecule has 16 nitrogen and oxygen atoms in total. The second-order valence-corrected chi connectivity index (χ2v) is 19.2. The highest BCUT2D eigenvalue weighted by Gasteiger charge is 2.50. The van der Waals surface area contributed by atoms with Crippen molar-refractivity contribution in [2.24, 2.45) is 17.8 Å². The number of rotatable bonds is 11. The number of aromatic amines is 2. The van der Waals surface area contributed by atoms with E-state index in [2.05, 4.69) is 63.9 Å². The molecule has 2 aromatic heterocycles. The zero-order chi connectivity index (χ0) is 46.5. The van der Waals surface area contributed by atoms with Crippen LogP contribution in [0.15, 0.2) is 48.7 Å². The molecular weight excluding hydrogens is 853 g/mol. The van der Waals surface area contributed by atoms with E-state index in [9.17, 15) is 19.2 Å². The van der Waals surface area contributed by atoms with Crippen LogP contribution in [0.4, 0.5) is 9.59 Å². The number of H-pyrrole nitrogens is 2. The van der Waals surface area contributed by atoms with Crippen molar-refractivity contribution in [1.82, 2.24) is 40.4 Å². The lowest BCUT2D eigenvalue weighted by atomic mass is 9.90. The summed E-state index contributed by atoms with van der Waals surface area (Å²) in [6.07, 6.45) is 9.03. The molecule has 5 aromatic rings. The number of hydrogen-bond donors (Lipinski definition) is 4. The van der Waals surface area contributed by atoms with E-state index in [1.807, 2.05) is 35.9 Å². The first-order valence-corrected chi connectivity index (χ1v) is 24.3. The topological polar surface area (TPSA) is 193 Å². The van der Waals surface area contributed by atoms with Gasteiger partial charge in [0.25, 0.3) is 0 Å². The average Bonchev–Trinajstić information content (AvgIpc) is 4.22. The maximum atomic E-state index is 14.5. The number of aromatic nitrogens is 4. The molecule has 3 saturated heterocycles. The number of imidazole rings is 2. The molecule has 0 bridgehead atoms. The van der Waals surface area contributed by atoms with Crippen molar-refractivity contribution in [3.8, 4) is 28.1 Å². The van der Waals surface area contributed by atoms with Gasteiger partial charge in [-0.2, -0.15) is 0 Å². The Labute approximate surface area is 390 Å². The first-order valence-electron chi connectivity index (χ1n) is 24.3. The Balaban J connectivity index is 0.910. The summed E-state index contributed by atoms with van der Waals surface area (Å²) in [5.74, 6) is 2.35. The molecule has 4 amide bonds. The van der Waals surface area contributed by atoms with Crippen molar-refractivity contribution in [2.75, 3.05) is 27.4 Å². The maximum Gasteiger partial charge on any atom is 0.407 e. The van der Waals surface area contributed by atoms with Crippen LogP contribution in [0.25, 0.3) is 44.2 Å². The first-order chi connectivity index (χ1) is 32.6. The predicted molar refractivity (Wildman–Crippen MR) is 251 cm³/mol. The van der Waals surface area contributed by atoms with Gasteiger partial charge in [0.15, 0.2) is 0 Å². The Morgan fingerprint density at radius 1 is 0.851 bits per heavy atom. The van der Waals surface area contributed by atoms with E-state index in [-0.39, 0.29) is 47.8 Å². The van der Waals surface area contributed by atoms with Gasteiger partial charge >= 0.3 is 12.2 Å². The van der Waals surface area contributed by atoms with Crippen molar-refractivity contribution in [1.29, 1.82) is 0 Å². The van der Waals surface area contributed by atoms with E-state index >= 15 is 0 Å². The minimum absolute atomic E-state index is 0.0231. The molecule has 1 aliphatic carbocycles. The smallest absolute Gasteiger partial charge is 0.407 e. The number of ether oxygens (including phenoxy) is 4. The molecular formula is C51H62N8O8. The van der Waals surface area contributed by atoms with Crippen LogP contribution in [0.3, 0.4) is 0 Å². The summed E-state index contributed by atoms with van der Waals surface area (Å²) in [5.41, 5.74) is 6.69. The van der Waals surface area contributed by atoms with Crippen molar-refractivity contribution in [2.45, 2.75) is 128 Å². The lowest BCUT2D eigenvalue weighted by Crippen LogP contribution is -2.54. The van der Waals surface area contributed by atoms with Crippen LogP contribution in [0.2, 0.25) is 0 Å². The van der Waals surface area contributed by atoms with Gasteiger partial charge in [0.1, 0.15) is 36.1 Å².